The minimum Gasteiger partial charge on any atom is -0.369 e. The summed E-state index contributed by atoms with van der Waals surface area (Å²) in [5, 5.41) is 0. The number of ether oxygens (including phenoxy) is 1. The molecular formula is C20H42O. The fourth-order valence-electron chi connectivity index (χ4n) is 2.74. The second-order valence-corrected chi connectivity index (χ2v) is 9.05. The monoisotopic (exact) mass is 298 g/mol. The van der Waals surface area contributed by atoms with Crippen molar-refractivity contribution in [2.75, 3.05) is 0 Å². The molecule has 0 aliphatic rings. The average Bonchev–Trinajstić information content (AvgIpc) is 2.31. The van der Waals surface area contributed by atoms with Crippen molar-refractivity contribution in [3.05, 3.63) is 0 Å². The van der Waals surface area contributed by atoms with Gasteiger partial charge in [0, 0.05) is 0 Å². The van der Waals surface area contributed by atoms with Crippen LogP contribution < -0.4 is 0 Å². The molecule has 1 heteroatoms. The summed E-state index contributed by atoms with van der Waals surface area (Å²) in [6.07, 6.45) is 5.08. The van der Waals surface area contributed by atoms with Crippen LogP contribution in [0.3, 0.4) is 0 Å². The number of hydrogen-bond donors (Lipinski definition) is 0. The van der Waals surface area contributed by atoms with E-state index in [9.17, 15) is 0 Å². The van der Waals surface area contributed by atoms with Crippen LogP contribution in [0.1, 0.15) is 94.9 Å². The van der Waals surface area contributed by atoms with Crippen molar-refractivity contribution in [3.8, 4) is 0 Å². The maximum Gasteiger partial charge on any atom is 0.0659 e. The van der Waals surface area contributed by atoms with Crippen LogP contribution in [-0.2, 0) is 4.74 Å². The zero-order valence-corrected chi connectivity index (χ0v) is 16.5. The summed E-state index contributed by atoms with van der Waals surface area (Å²) in [5.41, 5.74) is -0.102. The highest BCUT2D eigenvalue weighted by Crippen LogP contribution is 2.36. The highest BCUT2D eigenvalue weighted by atomic mass is 16.5. The summed E-state index contributed by atoms with van der Waals surface area (Å²) in [6, 6.07) is 0. The van der Waals surface area contributed by atoms with Crippen molar-refractivity contribution < 1.29 is 4.74 Å². The third-order valence-corrected chi connectivity index (χ3v) is 5.25. The number of rotatable bonds is 10. The van der Waals surface area contributed by atoms with Gasteiger partial charge in [-0.05, 0) is 64.2 Å². The Hall–Kier alpha value is -0.0400. The summed E-state index contributed by atoms with van der Waals surface area (Å²) >= 11 is 0. The van der Waals surface area contributed by atoms with Gasteiger partial charge in [-0.1, -0.05) is 54.4 Å². The van der Waals surface area contributed by atoms with Gasteiger partial charge in [-0.3, -0.25) is 0 Å². The second-order valence-electron chi connectivity index (χ2n) is 9.05. The van der Waals surface area contributed by atoms with E-state index in [2.05, 4.69) is 69.2 Å². The molecule has 0 heterocycles. The van der Waals surface area contributed by atoms with Gasteiger partial charge in [-0.2, -0.15) is 0 Å². The predicted molar refractivity (Wildman–Crippen MR) is 95.7 cm³/mol. The van der Waals surface area contributed by atoms with Gasteiger partial charge in [0.05, 0.1) is 11.2 Å². The molecule has 0 saturated carbocycles. The van der Waals surface area contributed by atoms with Gasteiger partial charge >= 0.3 is 0 Å². The zero-order valence-electron chi connectivity index (χ0n) is 16.5. The molecule has 0 aliphatic carbocycles. The van der Waals surface area contributed by atoms with E-state index >= 15 is 0 Å². The summed E-state index contributed by atoms with van der Waals surface area (Å²) in [7, 11) is 0. The lowest BCUT2D eigenvalue weighted by molar-refractivity contribution is -0.170. The van der Waals surface area contributed by atoms with Gasteiger partial charge in [-0.25, -0.2) is 0 Å². The minimum atomic E-state index is -0.0511. The molecule has 0 fully saturated rings. The first kappa shape index (κ1) is 21.0. The molecule has 1 nitrogen and oxygen atoms in total. The molecule has 0 bridgehead atoms. The zero-order chi connectivity index (χ0) is 16.8. The maximum absolute atomic E-state index is 6.61. The normalized spacial score (nSPS) is 16.6. The van der Waals surface area contributed by atoms with E-state index in [1.54, 1.807) is 0 Å². The molecule has 21 heavy (non-hydrogen) atoms. The fraction of sp³-hybridized carbons (Fsp3) is 1.00. The molecule has 0 aromatic rings. The van der Waals surface area contributed by atoms with Crippen LogP contribution in [0.5, 0.6) is 0 Å². The van der Waals surface area contributed by atoms with Crippen molar-refractivity contribution in [1.82, 2.24) is 0 Å². The van der Waals surface area contributed by atoms with Gasteiger partial charge in [0.15, 0.2) is 0 Å². The molecule has 0 saturated heterocycles. The Morgan fingerprint density at radius 1 is 0.571 bits per heavy atom. The topological polar surface area (TPSA) is 9.23 Å². The van der Waals surface area contributed by atoms with Crippen LogP contribution in [0.15, 0.2) is 0 Å². The molecule has 0 radical (unpaired) electrons. The van der Waals surface area contributed by atoms with E-state index < -0.39 is 0 Å². The maximum atomic E-state index is 6.61. The summed E-state index contributed by atoms with van der Waals surface area (Å²) in [6.45, 7) is 23.0. The van der Waals surface area contributed by atoms with E-state index in [0.29, 0.717) is 11.8 Å². The highest BCUT2D eigenvalue weighted by molar-refractivity contribution is 4.85. The molecule has 0 rings (SSSR count). The molecule has 0 N–H and O–H groups in total. The molecule has 0 aliphatic heterocycles. The molecule has 0 aromatic carbocycles. The summed E-state index contributed by atoms with van der Waals surface area (Å²) in [4.78, 5) is 0. The van der Waals surface area contributed by atoms with E-state index in [4.69, 9.17) is 4.74 Å². The predicted octanol–water partition coefficient (Wildman–Crippen LogP) is 6.70. The summed E-state index contributed by atoms with van der Waals surface area (Å²) < 4.78 is 6.61. The number of hydrogen-bond acceptors (Lipinski definition) is 1. The van der Waals surface area contributed by atoms with Crippen LogP contribution in [0, 0.1) is 23.7 Å². The van der Waals surface area contributed by atoms with Crippen molar-refractivity contribution in [2.45, 2.75) is 106 Å². The van der Waals surface area contributed by atoms with Crippen molar-refractivity contribution in [3.63, 3.8) is 0 Å². The first-order chi connectivity index (χ1) is 9.38. The Kier molecular flexibility index (Phi) is 8.54. The van der Waals surface area contributed by atoms with Crippen LogP contribution in [0.2, 0.25) is 0 Å². The van der Waals surface area contributed by atoms with E-state index in [-0.39, 0.29) is 11.2 Å². The molecule has 128 valence electrons. The van der Waals surface area contributed by atoms with Gasteiger partial charge in [0.25, 0.3) is 0 Å². The Labute approximate surface area is 135 Å². The van der Waals surface area contributed by atoms with Gasteiger partial charge in [0.2, 0.25) is 0 Å². The van der Waals surface area contributed by atoms with Gasteiger partial charge in [-0.15, -0.1) is 0 Å². The molecule has 0 spiro atoms. The lowest BCUT2D eigenvalue weighted by atomic mass is 9.82. The molecule has 0 amide bonds. The van der Waals surface area contributed by atoms with E-state index in [0.717, 1.165) is 11.8 Å². The largest absolute Gasteiger partial charge is 0.369 e. The van der Waals surface area contributed by atoms with Gasteiger partial charge < -0.3 is 4.74 Å². The van der Waals surface area contributed by atoms with Crippen molar-refractivity contribution in [2.24, 2.45) is 23.7 Å². The SMILES string of the molecule is CC(C)CCC(C)C(C)(C)OC(C)(C)C(C)CCC(C)C. The van der Waals surface area contributed by atoms with E-state index in [1.807, 2.05) is 0 Å². The third-order valence-electron chi connectivity index (χ3n) is 5.25. The Morgan fingerprint density at radius 3 is 1.10 bits per heavy atom. The summed E-state index contributed by atoms with van der Waals surface area (Å²) in [5.74, 6) is 2.75. The first-order valence-corrected chi connectivity index (χ1v) is 9.08. The first-order valence-electron chi connectivity index (χ1n) is 9.08. The Balaban J connectivity index is 4.57. The van der Waals surface area contributed by atoms with Crippen molar-refractivity contribution in [1.29, 1.82) is 0 Å². The lowest BCUT2D eigenvalue weighted by Crippen LogP contribution is -2.45. The standard InChI is InChI=1S/C20H42O/c1-15(2)11-13-17(5)19(7,8)21-20(9,10)18(6)14-12-16(3)4/h15-18H,11-14H2,1-10H3. The van der Waals surface area contributed by atoms with Crippen LogP contribution in [-0.4, -0.2) is 11.2 Å². The van der Waals surface area contributed by atoms with Crippen LogP contribution >= 0.6 is 0 Å². The Bertz CT molecular complexity index is 248. The quantitative estimate of drug-likeness (QED) is 0.436. The molecular weight excluding hydrogens is 256 g/mol. The second kappa shape index (κ2) is 8.56. The lowest BCUT2D eigenvalue weighted by Gasteiger charge is -2.43. The highest BCUT2D eigenvalue weighted by Gasteiger charge is 2.36. The molecule has 2 unspecified atom stereocenters. The third kappa shape index (κ3) is 8.24. The van der Waals surface area contributed by atoms with E-state index in [1.165, 1.54) is 25.7 Å². The smallest absolute Gasteiger partial charge is 0.0659 e. The fourth-order valence-corrected chi connectivity index (χ4v) is 2.74. The molecule has 2 atom stereocenters. The van der Waals surface area contributed by atoms with Crippen LogP contribution in [0.25, 0.3) is 0 Å². The van der Waals surface area contributed by atoms with Crippen LogP contribution in [0.4, 0.5) is 0 Å². The van der Waals surface area contributed by atoms with Gasteiger partial charge in [0.1, 0.15) is 0 Å². The molecule has 0 aromatic heterocycles. The minimum absolute atomic E-state index is 0.0511. The Morgan fingerprint density at radius 2 is 0.857 bits per heavy atom. The van der Waals surface area contributed by atoms with Crippen molar-refractivity contribution >= 4 is 0 Å². The average molecular weight is 299 g/mol.